The lowest BCUT2D eigenvalue weighted by Crippen LogP contribution is -2.12. The maximum atomic E-state index is 5.91. The monoisotopic (exact) mass is 197 g/mol. The van der Waals surface area contributed by atoms with Crippen molar-refractivity contribution in [1.82, 2.24) is 0 Å². The number of rotatable bonds is 4. The number of nitrogens with two attached hydrogens (primary N) is 1. The van der Waals surface area contributed by atoms with Gasteiger partial charge in [-0.3, -0.25) is 0 Å². The zero-order valence-electron chi connectivity index (χ0n) is 7.96. The summed E-state index contributed by atoms with van der Waals surface area (Å²) < 4.78 is 0. The molecule has 1 atom stereocenters. The van der Waals surface area contributed by atoms with E-state index in [-0.39, 0.29) is 0 Å². The molecule has 1 nitrogen and oxygen atoms in total. The van der Waals surface area contributed by atoms with Gasteiger partial charge in [0.2, 0.25) is 0 Å². The summed E-state index contributed by atoms with van der Waals surface area (Å²) >= 11 is 5.91. The average Bonchev–Trinajstić information content (AvgIpc) is 2.14. The van der Waals surface area contributed by atoms with Gasteiger partial charge in [-0.05, 0) is 36.6 Å². The molecule has 1 unspecified atom stereocenters. The smallest absolute Gasteiger partial charge is 0.0408 e. The Kier molecular flexibility index (Phi) is 4.26. The summed E-state index contributed by atoms with van der Waals surface area (Å²) in [5, 5.41) is 0.798. The molecular formula is C11H16ClN. The van der Waals surface area contributed by atoms with Gasteiger partial charge < -0.3 is 5.73 Å². The molecular weight excluding hydrogens is 182 g/mol. The van der Waals surface area contributed by atoms with Crippen molar-refractivity contribution in [2.24, 2.45) is 5.73 Å². The highest BCUT2D eigenvalue weighted by Crippen LogP contribution is 2.22. The number of hydrogen-bond donors (Lipinski definition) is 1. The molecule has 0 fully saturated rings. The van der Waals surface area contributed by atoms with E-state index < -0.39 is 0 Å². The van der Waals surface area contributed by atoms with E-state index in [9.17, 15) is 0 Å². The summed E-state index contributed by atoms with van der Waals surface area (Å²) in [7, 11) is 0. The van der Waals surface area contributed by atoms with Gasteiger partial charge in [0.25, 0.3) is 0 Å². The zero-order chi connectivity index (χ0) is 9.68. The fraction of sp³-hybridized carbons (Fsp3) is 0.455. The molecule has 1 aromatic carbocycles. The Labute approximate surface area is 84.9 Å². The molecule has 0 saturated heterocycles. The quantitative estimate of drug-likeness (QED) is 0.789. The summed E-state index contributed by atoms with van der Waals surface area (Å²) in [5.41, 5.74) is 6.96. The second-order valence-corrected chi connectivity index (χ2v) is 3.71. The Morgan fingerprint density at radius 3 is 2.77 bits per heavy atom. The molecule has 72 valence electrons. The van der Waals surface area contributed by atoms with Crippen LogP contribution in [0.25, 0.3) is 0 Å². The van der Waals surface area contributed by atoms with Crippen LogP contribution in [0.4, 0.5) is 0 Å². The van der Waals surface area contributed by atoms with E-state index in [1.54, 1.807) is 0 Å². The third-order valence-corrected chi connectivity index (χ3v) is 2.48. The highest BCUT2D eigenvalue weighted by Gasteiger charge is 2.07. The van der Waals surface area contributed by atoms with Crippen molar-refractivity contribution in [3.63, 3.8) is 0 Å². The van der Waals surface area contributed by atoms with Crippen LogP contribution in [-0.2, 0) is 0 Å². The largest absolute Gasteiger partial charge is 0.330 e. The Balaban J connectivity index is 2.78. The molecule has 0 spiro atoms. The first kappa shape index (κ1) is 10.6. The average molecular weight is 198 g/mol. The molecule has 1 aromatic rings. The molecule has 0 radical (unpaired) electrons. The molecule has 0 aliphatic carbocycles. The predicted molar refractivity (Wildman–Crippen MR) is 58.2 cm³/mol. The minimum atomic E-state index is 0.462. The van der Waals surface area contributed by atoms with E-state index in [0.717, 1.165) is 17.9 Å². The van der Waals surface area contributed by atoms with E-state index >= 15 is 0 Å². The van der Waals surface area contributed by atoms with Gasteiger partial charge in [0.1, 0.15) is 0 Å². The standard InChI is InChI=1S/C11H16ClN/c1-2-4-10(8-13)9-5-3-6-11(12)7-9/h3,5-7,10H,2,4,8,13H2,1H3. The van der Waals surface area contributed by atoms with Crippen molar-refractivity contribution >= 4 is 11.6 Å². The Morgan fingerprint density at radius 2 is 2.23 bits per heavy atom. The van der Waals surface area contributed by atoms with Crippen LogP contribution < -0.4 is 5.73 Å². The highest BCUT2D eigenvalue weighted by atomic mass is 35.5. The lowest BCUT2D eigenvalue weighted by Gasteiger charge is -2.13. The first-order valence-corrected chi connectivity index (χ1v) is 5.11. The summed E-state index contributed by atoms with van der Waals surface area (Å²) in [5.74, 6) is 0.462. The van der Waals surface area contributed by atoms with Crippen molar-refractivity contribution in [2.75, 3.05) is 6.54 Å². The molecule has 13 heavy (non-hydrogen) atoms. The van der Waals surface area contributed by atoms with Crippen LogP contribution in [0.1, 0.15) is 31.2 Å². The van der Waals surface area contributed by atoms with Crippen LogP contribution in [0.15, 0.2) is 24.3 Å². The number of halogens is 1. The van der Waals surface area contributed by atoms with Crippen molar-refractivity contribution in [1.29, 1.82) is 0 Å². The van der Waals surface area contributed by atoms with E-state index in [1.165, 1.54) is 5.56 Å². The minimum Gasteiger partial charge on any atom is -0.330 e. The van der Waals surface area contributed by atoms with Gasteiger partial charge in [0.15, 0.2) is 0 Å². The van der Waals surface area contributed by atoms with E-state index in [2.05, 4.69) is 13.0 Å². The molecule has 2 heteroatoms. The lowest BCUT2D eigenvalue weighted by molar-refractivity contribution is 0.622. The zero-order valence-corrected chi connectivity index (χ0v) is 8.72. The van der Waals surface area contributed by atoms with Crippen molar-refractivity contribution < 1.29 is 0 Å². The fourth-order valence-electron chi connectivity index (χ4n) is 1.53. The fourth-order valence-corrected chi connectivity index (χ4v) is 1.73. The molecule has 0 aliphatic rings. The molecule has 0 saturated carbocycles. The molecule has 0 bridgehead atoms. The SMILES string of the molecule is CCCC(CN)c1cccc(Cl)c1. The predicted octanol–water partition coefficient (Wildman–Crippen LogP) is 3.18. The van der Waals surface area contributed by atoms with Gasteiger partial charge in [-0.25, -0.2) is 0 Å². The molecule has 0 heterocycles. The van der Waals surface area contributed by atoms with Gasteiger partial charge in [0.05, 0.1) is 0 Å². The van der Waals surface area contributed by atoms with Crippen molar-refractivity contribution in [2.45, 2.75) is 25.7 Å². The second kappa shape index (κ2) is 5.25. The summed E-state index contributed by atoms with van der Waals surface area (Å²) in [6.45, 7) is 2.88. The van der Waals surface area contributed by atoms with Crippen LogP contribution in [0, 0.1) is 0 Å². The third-order valence-electron chi connectivity index (χ3n) is 2.24. The van der Waals surface area contributed by atoms with Crippen LogP contribution in [0.2, 0.25) is 5.02 Å². The van der Waals surface area contributed by atoms with E-state index in [0.29, 0.717) is 12.5 Å². The van der Waals surface area contributed by atoms with Crippen molar-refractivity contribution in [3.8, 4) is 0 Å². The third kappa shape index (κ3) is 3.02. The van der Waals surface area contributed by atoms with E-state index in [1.807, 2.05) is 18.2 Å². The number of benzene rings is 1. The maximum absolute atomic E-state index is 5.91. The van der Waals surface area contributed by atoms with Crippen molar-refractivity contribution in [3.05, 3.63) is 34.9 Å². The van der Waals surface area contributed by atoms with Gasteiger partial charge >= 0.3 is 0 Å². The first-order chi connectivity index (χ1) is 6.27. The van der Waals surface area contributed by atoms with E-state index in [4.69, 9.17) is 17.3 Å². The second-order valence-electron chi connectivity index (χ2n) is 3.28. The molecule has 1 rings (SSSR count). The Morgan fingerprint density at radius 1 is 1.46 bits per heavy atom. The van der Waals surface area contributed by atoms with Gasteiger partial charge in [-0.2, -0.15) is 0 Å². The van der Waals surface area contributed by atoms with Crippen LogP contribution in [-0.4, -0.2) is 6.54 Å². The molecule has 0 aromatic heterocycles. The summed E-state index contributed by atoms with van der Waals surface area (Å²) in [6.07, 6.45) is 2.30. The Bertz CT molecular complexity index is 260. The van der Waals surface area contributed by atoms with Gasteiger partial charge in [-0.1, -0.05) is 37.1 Å². The van der Waals surface area contributed by atoms with Gasteiger partial charge in [-0.15, -0.1) is 0 Å². The van der Waals surface area contributed by atoms with Gasteiger partial charge in [0, 0.05) is 5.02 Å². The normalized spacial score (nSPS) is 12.8. The van der Waals surface area contributed by atoms with Crippen LogP contribution in [0.3, 0.4) is 0 Å². The molecule has 0 amide bonds. The maximum Gasteiger partial charge on any atom is 0.0408 e. The topological polar surface area (TPSA) is 26.0 Å². The molecule has 2 N–H and O–H groups in total. The lowest BCUT2D eigenvalue weighted by atomic mass is 9.95. The highest BCUT2D eigenvalue weighted by molar-refractivity contribution is 6.30. The van der Waals surface area contributed by atoms with Crippen LogP contribution >= 0.6 is 11.6 Å². The summed E-state index contributed by atoms with van der Waals surface area (Å²) in [4.78, 5) is 0. The summed E-state index contributed by atoms with van der Waals surface area (Å²) in [6, 6.07) is 7.98. The first-order valence-electron chi connectivity index (χ1n) is 4.73. The molecule has 0 aliphatic heterocycles. The minimum absolute atomic E-state index is 0.462. The Hall–Kier alpha value is -0.530. The number of hydrogen-bond acceptors (Lipinski definition) is 1. The van der Waals surface area contributed by atoms with Crippen LogP contribution in [0.5, 0.6) is 0 Å².